The van der Waals surface area contributed by atoms with Crippen molar-refractivity contribution in [1.29, 1.82) is 0 Å². The lowest BCUT2D eigenvalue weighted by Gasteiger charge is -2.15. The van der Waals surface area contributed by atoms with Crippen molar-refractivity contribution >= 4 is 0 Å². The number of fused-ring (bicyclic) bond motifs is 1. The Balaban J connectivity index is 2.49. The predicted octanol–water partition coefficient (Wildman–Crippen LogP) is 1.26. The van der Waals surface area contributed by atoms with Crippen LogP contribution < -0.4 is 4.89 Å². The van der Waals surface area contributed by atoms with Crippen LogP contribution >= 0.6 is 0 Å². The zero-order chi connectivity index (χ0) is 7.68. The van der Waals surface area contributed by atoms with E-state index in [1.54, 1.807) is 18.2 Å². The van der Waals surface area contributed by atoms with Crippen molar-refractivity contribution in [2.45, 2.75) is 6.42 Å². The van der Waals surface area contributed by atoms with Crippen molar-refractivity contribution < 1.29 is 14.9 Å². The second kappa shape index (κ2) is 2.43. The molecule has 0 saturated carbocycles. The number of hydrogen-bond donors (Lipinski definition) is 1. The molecule has 3 nitrogen and oxygen atoms in total. The van der Waals surface area contributed by atoms with Gasteiger partial charge in [0.15, 0.2) is 5.75 Å². The molecule has 11 heavy (non-hydrogen) atoms. The quantitative estimate of drug-likeness (QED) is 0.569. The van der Waals surface area contributed by atoms with E-state index in [-0.39, 0.29) is 5.75 Å². The van der Waals surface area contributed by atoms with E-state index in [1.165, 1.54) is 0 Å². The Bertz CT molecular complexity index is 270. The lowest BCUT2D eigenvalue weighted by atomic mass is 10.1. The van der Waals surface area contributed by atoms with Crippen LogP contribution in [0.15, 0.2) is 18.2 Å². The first-order chi connectivity index (χ1) is 5.38. The van der Waals surface area contributed by atoms with Gasteiger partial charge in [-0.25, -0.2) is 0 Å². The number of phenolic OH excluding ortho intramolecular Hbond substituents is 1. The Hall–Kier alpha value is -1.22. The van der Waals surface area contributed by atoms with Crippen molar-refractivity contribution in [2.24, 2.45) is 0 Å². The van der Waals surface area contributed by atoms with Crippen molar-refractivity contribution in [3.63, 3.8) is 0 Å². The predicted molar refractivity (Wildman–Crippen MR) is 38.4 cm³/mol. The number of aromatic hydroxyl groups is 1. The maximum absolute atomic E-state index is 9.32. The standard InChI is InChI=1S/C8H8O3/c9-7-2-1-3-8-6(7)4-5-10-11-8/h1-3,9H,4-5H2. The molecule has 1 aromatic rings. The molecule has 1 aliphatic rings. The van der Waals surface area contributed by atoms with Crippen LogP contribution in [0.2, 0.25) is 0 Å². The summed E-state index contributed by atoms with van der Waals surface area (Å²) in [5.41, 5.74) is 0.832. The molecule has 58 valence electrons. The molecule has 0 aromatic heterocycles. The number of phenols is 1. The van der Waals surface area contributed by atoms with Gasteiger partial charge >= 0.3 is 0 Å². The summed E-state index contributed by atoms with van der Waals surface area (Å²) in [6.45, 7) is 0.505. The average molecular weight is 152 g/mol. The summed E-state index contributed by atoms with van der Waals surface area (Å²) in [6.07, 6.45) is 0.710. The number of rotatable bonds is 0. The topological polar surface area (TPSA) is 38.7 Å². The zero-order valence-corrected chi connectivity index (χ0v) is 5.91. The minimum absolute atomic E-state index is 0.283. The summed E-state index contributed by atoms with van der Waals surface area (Å²) in [4.78, 5) is 9.58. The molecular weight excluding hydrogens is 144 g/mol. The summed E-state index contributed by atoms with van der Waals surface area (Å²) in [6, 6.07) is 5.14. The van der Waals surface area contributed by atoms with Crippen molar-refractivity contribution in [3.8, 4) is 11.5 Å². The lowest BCUT2D eigenvalue weighted by Crippen LogP contribution is -2.10. The van der Waals surface area contributed by atoms with Gasteiger partial charge in [-0.05, 0) is 12.1 Å². The van der Waals surface area contributed by atoms with E-state index in [2.05, 4.69) is 0 Å². The maximum Gasteiger partial charge on any atom is 0.172 e. The van der Waals surface area contributed by atoms with Crippen LogP contribution in [0.25, 0.3) is 0 Å². The summed E-state index contributed by atoms with van der Waals surface area (Å²) in [5.74, 6) is 0.905. The maximum atomic E-state index is 9.32. The van der Waals surface area contributed by atoms with Crippen LogP contribution in [0.3, 0.4) is 0 Å². The second-order valence-corrected chi connectivity index (χ2v) is 2.41. The van der Waals surface area contributed by atoms with Crippen molar-refractivity contribution in [3.05, 3.63) is 23.8 Å². The molecule has 1 N–H and O–H groups in total. The Morgan fingerprint density at radius 2 is 2.27 bits per heavy atom. The fourth-order valence-electron chi connectivity index (χ4n) is 1.13. The van der Waals surface area contributed by atoms with Crippen LogP contribution in [0, 0.1) is 0 Å². The Morgan fingerprint density at radius 1 is 1.36 bits per heavy atom. The molecular formula is C8H8O3. The van der Waals surface area contributed by atoms with Gasteiger partial charge in [-0.1, -0.05) is 6.07 Å². The van der Waals surface area contributed by atoms with E-state index < -0.39 is 0 Å². The van der Waals surface area contributed by atoms with E-state index in [9.17, 15) is 5.11 Å². The molecule has 0 fully saturated rings. The van der Waals surface area contributed by atoms with Crippen LogP contribution in [0.1, 0.15) is 5.56 Å². The first kappa shape index (κ1) is 6.49. The van der Waals surface area contributed by atoms with Crippen LogP contribution in [0.5, 0.6) is 11.5 Å². The fourth-order valence-corrected chi connectivity index (χ4v) is 1.13. The van der Waals surface area contributed by atoms with Gasteiger partial charge in [0.2, 0.25) is 0 Å². The molecule has 0 aliphatic carbocycles. The van der Waals surface area contributed by atoms with Crippen LogP contribution in [0.4, 0.5) is 0 Å². The first-order valence-electron chi connectivity index (χ1n) is 3.48. The molecule has 0 bridgehead atoms. The van der Waals surface area contributed by atoms with E-state index >= 15 is 0 Å². The Labute approximate surface area is 64.1 Å². The van der Waals surface area contributed by atoms with Crippen molar-refractivity contribution in [1.82, 2.24) is 0 Å². The molecule has 0 saturated heterocycles. The van der Waals surface area contributed by atoms with Gasteiger partial charge in [-0.15, -0.1) is 0 Å². The van der Waals surface area contributed by atoms with Gasteiger partial charge in [0.1, 0.15) is 5.75 Å². The van der Waals surface area contributed by atoms with Gasteiger partial charge in [0, 0.05) is 12.0 Å². The number of hydrogen-bond acceptors (Lipinski definition) is 3. The molecule has 1 heterocycles. The highest BCUT2D eigenvalue weighted by Crippen LogP contribution is 2.30. The third-order valence-electron chi connectivity index (χ3n) is 1.69. The monoisotopic (exact) mass is 152 g/mol. The number of benzene rings is 1. The van der Waals surface area contributed by atoms with Crippen LogP contribution in [-0.4, -0.2) is 11.7 Å². The van der Waals surface area contributed by atoms with E-state index in [1.807, 2.05) is 0 Å². The highest BCUT2D eigenvalue weighted by molar-refractivity contribution is 5.44. The summed E-state index contributed by atoms with van der Waals surface area (Å²) >= 11 is 0. The molecule has 0 unspecified atom stereocenters. The SMILES string of the molecule is Oc1cccc2c1CCOO2. The molecule has 0 atom stereocenters. The van der Waals surface area contributed by atoms with Gasteiger partial charge in [-0.3, -0.25) is 0 Å². The highest BCUT2D eigenvalue weighted by atomic mass is 17.2. The largest absolute Gasteiger partial charge is 0.508 e. The van der Waals surface area contributed by atoms with Gasteiger partial charge in [-0.2, -0.15) is 4.89 Å². The highest BCUT2D eigenvalue weighted by Gasteiger charge is 2.13. The van der Waals surface area contributed by atoms with Crippen LogP contribution in [-0.2, 0) is 11.3 Å². The normalized spacial score (nSPS) is 15.3. The fraction of sp³-hybridized carbons (Fsp3) is 0.250. The zero-order valence-electron chi connectivity index (χ0n) is 5.91. The minimum atomic E-state index is 0.283. The average Bonchev–Trinajstić information content (AvgIpc) is 2.06. The molecule has 2 rings (SSSR count). The lowest BCUT2D eigenvalue weighted by molar-refractivity contribution is -0.215. The molecule has 0 spiro atoms. The smallest absolute Gasteiger partial charge is 0.172 e. The third-order valence-corrected chi connectivity index (χ3v) is 1.69. The van der Waals surface area contributed by atoms with E-state index in [0.717, 1.165) is 5.56 Å². The van der Waals surface area contributed by atoms with Gasteiger partial charge < -0.3 is 9.99 Å². The first-order valence-corrected chi connectivity index (χ1v) is 3.48. The summed E-state index contributed by atoms with van der Waals surface area (Å²) in [7, 11) is 0. The minimum Gasteiger partial charge on any atom is -0.508 e. The van der Waals surface area contributed by atoms with E-state index in [4.69, 9.17) is 9.78 Å². The molecule has 3 heteroatoms. The Morgan fingerprint density at radius 3 is 3.09 bits per heavy atom. The second-order valence-electron chi connectivity index (χ2n) is 2.41. The molecule has 1 aromatic carbocycles. The third kappa shape index (κ3) is 1.03. The molecule has 1 aliphatic heterocycles. The molecule has 0 amide bonds. The van der Waals surface area contributed by atoms with Crippen molar-refractivity contribution in [2.75, 3.05) is 6.61 Å². The molecule has 0 radical (unpaired) electrons. The van der Waals surface area contributed by atoms with E-state index in [0.29, 0.717) is 18.8 Å². The van der Waals surface area contributed by atoms with Gasteiger partial charge in [0.25, 0.3) is 0 Å². The Kier molecular flexibility index (Phi) is 1.43. The summed E-state index contributed by atoms with van der Waals surface area (Å²) < 4.78 is 0. The van der Waals surface area contributed by atoms with Gasteiger partial charge in [0.05, 0.1) is 6.61 Å². The summed E-state index contributed by atoms with van der Waals surface area (Å²) in [5, 5.41) is 9.32.